The van der Waals surface area contributed by atoms with Crippen molar-refractivity contribution < 1.29 is 9.53 Å². The van der Waals surface area contributed by atoms with Crippen molar-refractivity contribution in [2.24, 2.45) is 0 Å². The highest BCUT2D eigenvalue weighted by molar-refractivity contribution is 6.02. The van der Waals surface area contributed by atoms with Crippen molar-refractivity contribution in [3.8, 4) is 16.9 Å². The zero-order chi connectivity index (χ0) is 19.7. The summed E-state index contributed by atoms with van der Waals surface area (Å²) in [6.45, 7) is 4.16. The summed E-state index contributed by atoms with van der Waals surface area (Å²) in [5.74, 6) is 0.607. The van der Waals surface area contributed by atoms with Gasteiger partial charge < -0.3 is 14.6 Å². The van der Waals surface area contributed by atoms with Crippen LogP contribution in [0.4, 0.5) is 0 Å². The van der Waals surface area contributed by atoms with Gasteiger partial charge in [-0.2, -0.15) is 0 Å². The van der Waals surface area contributed by atoms with E-state index in [1.54, 1.807) is 37.5 Å². The average Bonchev–Trinajstić information content (AvgIpc) is 3.15. The van der Waals surface area contributed by atoms with Crippen LogP contribution in [0.15, 0.2) is 61.6 Å². The lowest BCUT2D eigenvalue weighted by Crippen LogP contribution is -2.26. The van der Waals surface area contributed by atoms with Crippen LogP contribution in [0.1, 0.15) is 10.4 Å². The molecule has 1 aromatic carbocycles. The first kappa shape index (κ1) is 17.7. The molecule has 0 atom stereocenters. The number of carbonyl (C=O) groups excluding carboxylic acids is 1. The molecule has 3 aromatic heterocycles. The zero-order valence-corrected chi connectivity index (χ0v) is 15.8. The second kappa shape index (κ2) is 7.15. The third-order valence-electron chi connectivity index (χ3n) is 4.73. The predicted octanol–water partition coefficient (Wildman–Crippen LogP) is 4.04. The molecule has 1 amide bonds. The van der Waals surface area contributed by atoms with Gasteiger partial charge in [0.25, 0.3) is 5.91 Å². The Bertz CT molecular complexity index is 1200. The maximum atomic E-state index is 12.6. The van der Waals surface area contributed by atoms with Crippen LogP contribution in [0.3, 0.4) is 0 Å². The van der Waals surface area contributed by atoms with Crippen LogP contribution in [-0.4, -0.2) is 46.5 Å². The molecule has 28 heavy (non-hydrogen) atoms. The van der Waals surface area contributed by atoms with Gasteiger partial charge >= 0.3 is 0 Å². The first-order chi connectivity index (χ1) is 13.6. The zero-order valence-electron chi connectivity index (χ0n) is 15.8. The summed E-state index contributed by atoms with van der Waals surface area (Å²) in [5, 5.41) is 1.86. The van der Waals surface area contributed by atoms with E-state index in [4.69, 9.17) is 4.74 Å². The largest absolute Gasteiger partial charge is 0.494 e. The van der Waals surface area contributed by atoms with Gasteiger partial charge in [-0.05, 0) is 29.8 Å². The molecule has 0 bridgehead atoms. The Hall–Kier alpha value is -3.67. The Morgan fingerprint density at radius 2 is 2.18 bits per heavy atom. The number of hydrogen-bond acceptors (Lipinski definition) is 4. The van der Waals surface area contributed by atoms with E-state index in [0.29, 0.717) is 17.9 Å². The first-order valence-corrected chi connectivity index (χ1v) is 8.89. The number of nitrogens with zero attached hydrogens (tertiary/aromatic N) is 3. The molecule has 4 rings (SSSR count). The number of nitrogens with one attached hydrogen (secondary N) is 1. The molecule has 0 radical (unpaired) electrons. The Kier molecular flexibility index (Phi) is 4.53. The Balaban J connectivity index is 1.85. The van der Waals surface area contributed by atoms with Crippen LogP contribution >= 0.6 is 0 Å². The van der Waals surface area contributed by atoms with Gasteiger partial charge in [0, 0.05) is 48.5 Å². The van der Waals surface area contributed by atoms with Crippen molar-refractivity contribution in [1.29, 1.82) is 0 Å². The van der Waals surface area contributed by atoms with Crippen molar-refractivity contribution in [2.45, 2.75) is 0 Å². The van der Waals surface area contributed by atoms with Crippen molar-refractivity contribution in [2.75, 3.05) is 20.7 Å². The van der Waals surface area contributed by atoms with Gasteiger partial charge in [-0.15, -0.1) is 6.58 Å². The normalized spacial score (nSPS) is 10.9. The number of pyridine rings is 2. The van der Waals surface area contributed by atoms with Crippen LogP contribution in [-0.2, 0) is 0 Å². The van der Waals surface area contributed by atoms with E-state index in [0.717, 1.165) is 33.1 Å². The molecule has 0 saturated heterocycles. The summed E-state index contributed by atoms with van der Waals surface area (Å²) < 4.78 is 5.54. The highest BCUT2D eigenvalue weighted by Gasteiger charge is 2.16. The second-order valence-corrected chi connectivity index (χ2v) is 6.55. The molecular weight excluding hydrogens is 352 g/mol. The van der Waals surface area contributed by atoms with Crippen LogP contribution < -0.4 is 4.74 Å². The molecular formula is C22H20N4O2. The SMILES string of the molecule is C=CCN(C)C(=O)c1cnc2[nH]cc(-c3cc(OC)c4ncccc4c3)c2c1. The smallest absolute Gasteiger partial charge is 0.255 e. The third-order valence-corrected chi connectivity index (χ3v) is 4.73. The van der Waals surface area contributed by atoms with E-state index in [-0.39, 0.29) is 5.91 Å². The van der Waals surface area contributed by atoms with Crippen LogP contribution in [0.5, 0.6) is 5.75 Å². The number of carbonyl (C=O) groups is 1. The summed E-state index contributed by atoms with van der Waals surface area (Å²) in [6.07, 6.45) is 6.94. The highest BCUT2D eigenvalue weighted by atomic mass is 16.5. The Labute approximate surface area is 162 Å². The standard InChI is InChI=1S/C22H20N4O2/c1-4-8-26(2)22(27)16-10-17-18(13-25-21(17)24-12-16)15-9-14-6-5-7-23-20(14)19(11-15)28-3/h4-7,9-13H,1,8H2,2-3H3,(H,24,25). The van der Waals surface area contributed by atoms with E-state index in [1.807, 2.05) is 30.5 Å². The minimum absolute atomic E-state index is 0.0956. The van der Waals surface area contributed by atoms with Crippen LogP contribution in [0.2, 0.25) is 0 Å². The molecule has 0 aliphatic carbocycles. The third kappa shape index (κ3) is 2.99. The number of likely N-dealkylation sites (N-methyl/N-ethyl adjacent to an activating group) is 1. The molecule has 1 N–H and O–H groups in total. The van der Waals surface area contributed by atoms with Crippen LogP contribution in [0, 0.1) is 0 Å². The number of amides is 1. The first-order valence-electron chi connectivity index (χ1n) is 8.89. The number of rotatable bonds is 5. The van der Waals surface area contributed by atoms with E-state index in [2.05, 4.69) is 27.6 Å². The second-order valence-electron chi connectivity index (χ2n) is 6.55. The number of ether oxygens (including phenoxy) is 1. The van der Waals surface area contributed by atoms with Gasteiger partial charge in [0.2, 0.25) is 0 Å². The number of aromatic nitrogens is 3. The van der Waals surface area contributed by atoms with Gasteiger partial charge in [0.1, 0.15) is 16.9 Å². The number of hydrogen-bond donors (Lipinski definition) is 1. The van der Waals surface area contributed by atoms with Crippen molar-refractivity contribution in [3.05, 3.63) is 67.1 Å². The molecule has 6 heteroatoms. The van der Waals surface area contributed by atoms with Gasteiger partial charge in [0.05, 0.1) is 12.7 Å². The number of methoxy groups -OCH3 is 1. The molecule has 0 aliphatic heterocycles. The number of benzene rings is 1. The molecule has 6 nitrogen and oxygen atoms in total. The summed E-state index contributed by atoms with van der Waals surface area (Å²) in [5.41, 5.74) is 3.99. The lowest BCUT2D eigenvalue weighted by molar-refractivity contribution is 0.0810. The maximum Gasteiger partial charge on any atom is 0.255 e. The van der Waals surface area contributed by atoms with Crippen molar-refractivity contribution in [1.82, 2.24) is 19.9 Å². The minimum atomic E-state index is -0.0956. The number of H-pyrrole nitrogens is 1. The fourth-order valence-electron chi connectivity index (χ4n) is 3.33. The van der Waals surface area contributed by atoms with Gasteiger partial charge in [-0.1, -0.05) is 12.1 Å². The Morgan fingerprint density at radius 1 is 1.32 bits per heavy atom. The van der Waals surface area contributed by atoms with Gasteiger partial charge in [-0.3, -0.25) is 9.78 Å². The molecule has 140 valence electrons. The summed E-state index contributed by atoms with van der Waals surface area (Å²) >= 11 is 0. The quantitative estimate of drug-likeness (QED) is 0.537. The van der Waals surface area contributed by atoms with Crippen molar-refractivity contribution in [3.63, 3.8) is 0 Å². The molecule has 0 unspecified atom stereocenters. The molecule has 0 aliphatic rings. The molecule has 0 saturated carbocycles. The number of aromatic amines is 1. The molecule has 0 fully saturated rings. The maximum absolute atomic E-state index is 12.6. The van der Waals surface area contributed by atoms with E-state index >= 15 is 0 Å². The van der Waals surface area contributed by atoms with Crippen molar-refractivity contribution >= 4 is 27.8 Å². The average molecular weight is 372 g/mol. The molecule has 0 spiro atoms. The topological polar surface area (TPSA) is 71.1 Å². The number of fused-ring (bicyclic) bond motifs is 2. The van der Waals surface area contributed by atoms with E-state index in [1.165, 1.54) is 0 Å². The summed E-state index contributed by atoms with van der Waals surface area (Å²) in [6, 6.07) is 9.78. The lowest BCUT2D eigenvalue weighted by atomic mass is 10.0. The van der Waals surface area contributed by atoms with Gasteiger partial charge in [0.15, 0.2) is 0 Å². The fourth-order valence-corrected chi connectivity index (χ4v) is 3.33. The monoisotopic (exact) mass is 372 g/mol. The predicted molar refractivity (Wildman–Crippen MR) is 111 cm³/mol. The summed E-state index contributed by atoms with van der Waals surface area (Å²) in [4.78, 5) is 26.2. The Morgan fingerprint density at radius 3 is 2.96 bits per heavy atom. The highest BCUT2D eigenvalue weighted by Crippen LogP contribution is 2.34. The lowest BCUT2D eigenvalue weighted by Gasteiger charge is -2.14. The minimum Gasteiger partial charge on any atom is -0.494 e. The van der Waals surface area contributed by atoms with Gasteiger partial charge in [-0.25, -0.2) is 4.98 Å². The molecule has 4 aromatic rings. The van der Waals surface area contributed by atoms with E-state index in [9.17, 15) is 4.79 Å². The molecule has 3 heterocycles. The van der Waals surface area contributed by atoms with Crippen LogP contribution in [0.25, 0.3) is 33.1 Å². The van der Waals surface area contributed by atoms with E-state index < -0.39 is 0 Å². The fraction of sp³-hybridized carbons (Fsp3) is 0.136. The summed E-state index contributed by atoms with van der Waals surface area (Å²) in [7, 11) is 3.38.